The first kappa shape index (κ1) is 16.1. The molecule has 4 rings (SSSR count). The Morgan fingerprint density at radius 2 is 2.08 bits per heavy atom. The van der Waals surface area contributed by atoms with Crippen molar-refractivity contribution in [3.63, 3.8) is 0 Å². The van der Waals surface area contributed by atoms with Gasteiger partial charge in [-0.3, -0.25) is 9.78 Å². The van der Waals surface area contributed by atoms with E-state index in [0.717, 1.165) is 41.8 Å². The standard InChI is InChI=1S/C21H24N2O2/c1-14-6-8-19(22-12-14)16-7-9-20-17(10-16)11-18(25-20)13-23-21(24)15-4-2-3-5-15/h6-10,12,15,18H,2-5,11,13H2,1H3,(H,23,24)/t18-/m1/s1. The summed E-state index contributed by atoms with van der Waals surface area (Å²) >= 11 is 0. The van der Waals surface area contributed by atoms with Crippen molar-refractivity contribution in [2.45, 2.75) is 45.1 Å². The fourth-order valence-electron chi connectivity index (χ4n) is 3.78. The van der Waals surface area contributed by atoms with Crippen LogP contribution in [0.15, 0.2) is 36.5 Å². The van der Waals surface area contributed by atoms with Gasteiger partial charge in [0.1, 0.15) is 11.9 Å². The SMILES string of the molecule is Cc1ccc(-c2ccc3c(c2)C[C@H](CNC(=O)C2CCCC2)O3)nc1. The van der Waals surface area contributed by atoms with Crippen molar-refractivity contribution >= 4 is 5.91 Å². The van der Waals surface area contributed by atoms with E-state index < -0.39 is 0 Å². The molecule has 0 spiro atoms. The Labute approximate surface area is 148 Å². The van der Waals surface area contributed by atoms with Crippen molar-refractivity contribution in [3.05, 3.63) is 47.7 Å². The highest BCUT2D eigenvalue weighted by atomic mass is 16.5. The number of pyridine rings is 1. The number of amides is 1. The molecule has 4 heteroatoms. The van der Waals surface area contributed by atoms with Crippen LogP contribution < -0.4 is 10.1 Å². The van der Waals surface area contributed by atoms with Crippen LogP contribution >= 0.6 is 0 Å². The Morgan fingerprint density at radius 3 is 2.84 bits per heavy atom. The normalized spacial score (nSPS) is 19.5. The molecule has 0 bridgehead atoms. The molecule has 2 aliphatic rings. The topological polar surface area (TPSA) is 51.2 Å². The molecule has 1 aliphatic heterocycles. The zero-order valence-corrected chi connectivity index (χ0v) is 14.6. The molecule has 0 unspecified atom stereocenters. The number of nitrogens with one attached hydrogen (secondary N) is 1. The smallest absolute Gasteiger partial charge is 0.223 e. The number of hydrogen-bond acceptors (Lipinski definition) is 3. The van der Waals surface area contributed by atoms with Crippen LogP contribution in [0.5, 0.6) is 5.75 Å². The average Bonchev–Trinajstić information content (AvgIpc) is 3.29. The molecule has 2 aromatic rings. The maximum absolute atomic E-state index is 12.2. The van der Waals surface area contributed by atoms with Gasteiger partial charge in [0.2, 0.25) is 5.91 Å². The highest BCUT2D eigenvalue weighted by Gasteiger charge is 2.26. The third kappa shape index (κ3) is 3.53. The van der Waals surface area contributed by atoms with Gasteiger partial charge in [0.15, 0.2) is 0 Å². The highest BCUT2D eigenvalue weighted by molar-refractivity contribution is 5.78. The third-order valence-electron chi connectivity index (χ3n) is 5.24. The fraction of sp³-hybridized carbons (Fsp3) is 0.429. The summed E-state index contributed by atoms with van der Waals surface area (Å²) in [4.78, 5) is 16.7. The lowest BCUT2D eigenvalue weighted by molar-refractivity contribution is -0.125. The number of nitrogens with zero attached hydrogens (tertiary/aromatic N) is 1. The van der Waals surface area contributed by atoms with E-state index >= 15 is 0 Å². The van der Waals surface area contributed by atoms with Gasteiger partial charge < -0.3 is 10.1 Å². The number of benzene rings is 1. The van der Waals surface area contributed by atoms with E-state index in [4.69, 9.17) is 4.74 Å². The van der Waals surface area contributed by atoms with Gasteiger partial charge in [0.25, 0.3) is 0 Å². The summed E-state index contributed by atoms with van der Waals surface area (Å²) in [5.41, 5.74) is 4.44. The molecule has 1 amide bonds. The van der Waals surface area contributed by atoms with Gasteiger partial charge in [-0.05, 0) is 55.2 Å². The Morgan fingerprint density at radius 1 is 1.24 bits per heavy atom. The molecule has 1 aromatic carbocycles. The molecule has 1 aromatic heterocycles. The fourth-order valence-corrected chi connectivity index (χ4v) is 3.78. The second-order valence-electron chi connectivity index (χ2n) is 7.21. The predicted octanol–water partition coefficient (Wildman–Crippen LogP) is 3.67. The second kappa shape index (κ2) is 6.87. The number of carbonyl (C=O) groups excluding carboxylic acids is 1. The van der Waals surface area contributed by atoms with E-state index in [1.54, 1.807) is 0 Å². The average molecular weight is 336 g/mol. The number of hydrogen-bond donors (Lipinski definition) is 1. The minimum atomic E-state index is 0.0292. The van der Waals surface area contributed by atoms with Gasteiger partial charge in [0, 0.05) is 24.1 Å². The molecule has 130 valence electrons. The van der Waals surface area contributed by atoms with Crippen LogP contribution in [0.25, 0.3) is 11.3 Å². The van der Waals surface area contributed by atoms with E-state index in [1.807, 2.05) is 25.3 Å². The molecule has 0 radical (unpaired) electrons. The number of aryl methyl sites for hydroxylation is 1. The molecule has 0 saturated heterocycles. The van der Waals surface area contributed by atoms with Gasteiger partial charge in [-0.1, -0.05) is 18.9 Å². The Balaban J connectivity index is 1.39. The van der Waals surface area contributed by atoms with E-state index in [2.05, 4.69) is 28.5 Å². The van der Waals surface area contributed by atoms with E-state index in [9.17, 15) is 4.79 Å². The molecule has 25 heavy (non-hydrogen) atoms. The van der Waals surface area contributed by atoms with Gasteiger partial charge >= 0.3 is 0 Å². The van der Waals surface area contributed by atoms with Gasteiger partial charge in [-0.2, -0.15) is 0 Å². The quantitative estimate of drug-likeness (QED) is 0.927. The van der Waals surface area contributed by atoms with Crippen molar-refractivity contribution in [2.24, 2.45) is 5.92 Å². The highest BCUT2D eigenvalue weighted by Crippen LogP contribution is 2.32. The van der Waals surface area contributed by atoms with Crippen LogP contribution in [0, 0.1) is 12.8 Å². The summed E-state index contributed by atoms with van der Waals surface area (Å²) in [7, 11) is 0. The predicted molar refractivity (Wildman–Crippen MR) is 97.5 cm³/mol. The molecule has 1 atom stereocenters. The summed E-state index contributed by atoms with van der Waals surface area (Å²) < 4.78 is 5.99. The Hall–Kier alpha value is -2.36. The zero-order valence-electron chi connectivity index (χ0n) is 14.6. The van der Waals surface area contributed by atoms with Crippen LogP contribution in [-0.2, 0) is 11.2 Å². The lowest BCUT2D eigenvalue weighted by atomic mass is 10.0. The van der Waals surface area contributed by atoms with Crippen LogP contribution in [0.2, 0.25) is 0 Å². The first-order valence-electron chi connectivity index (χ1n) is 9.19. The molecule has 2 heterocycles. The molecule has 1 N–H and O–H groups in total. The van der Waals surface area contributed by atoms with E-state index in [1.165, 1.54) is 18.4 Å². The van der Waals surface area contributed by atoms with Crippen molar-refractivity contribution in [2.75, 3.05) is 6.54 Å². The number of rotatable bonds is 4. The van der Waals surface area contributed by atoms with Gasteiger partial charge in [-0.25, -0.2) is 0 Å². The lowest BCUT2D eigenvalue weighted by Gasteiger charge is -2.14. The summed E-state index contributed by atoms with van der Waals surface area (Å²) in [6.45, 7) is 2.62. The van der Waals surface area contributed by atoms with Crippen LogP contribution in [0.3, 0.4) is 0 Å². The van der Waals surface area contributed by atoms with Gasteiger partial charge in [0.05, 0.1) is 12.2 Å². The minimum Gasteiger partial charge on any atom is -0.488 e. The van der Waals surface area contributed by atoms with Crippen molar-refractivity contribution < 1.29 is 9.53 Å². The first-order chi connectivity index (χ1) is 12.2. The first-order valence-corrected chi connectivity index (χ1v) is 9.19. The summed E-state index contributed by atoms with van der Waals surface area (Å²) in [6.07, 6.45) is 7.18. The number of fused-ring (bicyclic) bond motifs is 1. The van der Waals surface area contributed by atoms with Crippen LogP contribution in [0.4, 0.5) is 0 Å². The number of carbonyl (C=O) groups is 1. The van der Waals surface area contributed by atoms with E-state index in [0.29, 0.717) is 6.54 Å². The Kier molecular flexibility index (Phi) is 4.43. The largest absolute Gasteiger partial charge is 0.488 e. The summed E-state index contributed by atoms with van der Waals surface area (Å²) in [5.74, 6) is 1.33. The number of ether oxygens (including phenoxy) is 1. The summed E-state index contributed by atoms with van der Waals surface area (Å²) in [5, 5.41) is 3.08. The maximum atomic E-state index is 12.2. The minimum absolute atomic E-state index is 0.0292. The molecule has 1 saturated carbocycles. The zero-order chi connectivity index (χ0) is 17.2. The monoisotopic (exact) mass is 336 g/mol. The lowest BCUT2D eigenvalue weighted by Crippen LogP contribution is -2.37. The van der Waals surface area contributed by atoms with Gasteiger partial charge in [-0.15, -0.1) is 0 Å². The third-order valence-corrected chi connectivity index (χ3v) is 5.24. The molecular formula is C21H24N2O2. The second-order valence-corrected chi connectivity index (χ2v) is 7.21. The molecule has 1 aliphatic carbocycles. The number of aromatic nitrogens is 1. The molecule has 4 nitrogen and oxygen atoms in total. The van der Waals surface area contributed by atoms with Crippen molar-refractivity contribution in [1.29, 1.82) is 0 Å². The van der Waals surface area contributed by atoms with E-state index in [-0.39, 0.29) is 17.9 Å². The summed E-state index contributed by atoms with van der Waals surface area (Å²) in [6, 6.07) is 10.4. The van der Waals surface area contributed by atoms with Crippen LogP contribution in [0.1, 0.15) is 36.8 Å². The molecular weight excluding hydrogens is 312 g/mol. The van der Waals surface area contributed by atoms with Crippen LogP contribution in [-0.4, -0.2) is 23.5 Å². The van der Waals surface area contributed by atoms with Crippen molar-refractivity contribution in [3.8, 4) is 17.0 Å². The molecule has 1 fully saturated rings. The maximum Gasteiger partial charge on any atom is 0.223 e. The Bertz CT molecular complexity index is 764. The van der Waals surface area contributed by atoms with Crippen molar-refractivity contribution in [1.82, 2.24) is 10.3 Å².